The zero-order valence-corrected chi connectivity index (χ0v) is 12.7. The Kier molecular flexibility index (Phi) is 4.71. The Morgan fingerprint density at radius 1 is 1.60 bits per heavy atom. The Morgan fingerprint density at radius 2 is 2.35 bits per heavy atom. The van der Waals surface area contributed by atoms with E-state index in [0.717, 1.165) is 16.9 Å². The van der Waals surface area contributed by atoms with E-state index >= 15 is 0 Å². The molecule has 1 saturated heterocycles. The first-order valence-electron chi connectivity index (χ1n) is 6.29. The topological polar surface area (TPSA) is 92.5 Å². The summed E-state index contributed by atoms with van der Waals surface area (Å²) >= 11 is 1.79. The number of carbonyl (C=O) groups is 1. The molecule has 9 heteroatoms. The van der Waals surface area contributed by atoms with Gasteiger partial charge in [-0.05, 0) is 6.42 Å². The van der Waals surface area contributed by atoms with Crippen molar-refractivity contribution in [2.24, 2.45) is 0 Å². The molecule has 1 atom stereocenters. The lowest BCUT2D eigenvalue weighted by Gasteiger charge is -2.30. The highest BCUT2D eigenvalue weighted by atomic mass is 32.2. The third-order valence-electron chi connectivity index (χ3n) is 3.10. The molecule has 1 aliphatic heterocycles. The molecule has 1 N–H and O–H groups in total. The number of aliphatic carboxylic acids is 1. The fraction of sp³-hybridized carbons (Fsp3) is 0.636. The lowest BCUT2D eigenvalue weighted by Crippen LogP contribution is -2.41. The van der Waals surface area contributed by atoms with Crippen molar-refractivity contribution >= 4 is 27.8 Å². The molecule has 0 radical (unpaired) electrons. The summed E-state index contributed by atoms with van der Waals surface area (Å²) in [7, 11) is -3.58. The Labute approximate surface area is 122 Å². The smallest absolute Gasteiger partial charge is 0.325 e. The van der Waals surface area contributed by atoms with Crippen molar-refractivity contribution in [1.29, 1.82) is 0 Å². The van der Waals surface area contributed by atoms with Crippen molar-refractivity contribution in [2.45, 2.75) is 30.0 Å². The summed E-state index contributed by atoms with van der Waals surface area (Å²) in [6, 6.07) is 0. The summed E-state index contributed by atoms with van der Waals surface area (Å²) in [6.45, 7) is 2.67. The highest BCUT2D eigenvalue weighted by Crippen LogP contribution is 2.25. The van der Waals surface area contributed by atoms with Crippen molar-refractivity contribution in [2.75, 3.05) is 18.8 Å². The standard InChI is InChI=1S/C11H17N3O4S2/c1-2-9-6-14(3-4-19-9)20(17,18)10-5-12-13(7-10)8-11(15)16/h5,7,9H,2-4,6,8H2,1H3,(H,15,16). The molecule has 1 unspecified atom stereocenters. The van der Waals surface area contributed by atoms with Crippen LogP contribution in [0.25, 0.3) is 0 Å². The number of sulfonamides is 1. The predicted octanol–water partition coefficient (Wildman–Crippen LogP) is 0.484. The van der Waals surface area contributed by atoms with Crippen molar-refractivity contribution in [3.8, 4) is 0 Å². The lowest BCUT2D eigenvalue weighted by molar-refractivity contribution is -0.137. The van der Waals surface area contributed by atoms with Crippen LogP contribution < -0.4 is 0 Å². The van der Waals surface area contributed by atoms with Crippen LogP contribution in [0.15, 0.2) is 17.3 Å². The molecule has 1 aromatic heterocycles. The third kappa shape index (κ3) is 3.33. The number of aromatic nitrogens is 2. The van der Waals surface area contributed by atoms with Crippen LogP contribution >= 0.6 is 11.8 Å². The fourth-order valence-corrected chi connectivity index (χ4v) is 4.84. The first-order chi connectivity index (χ1) is 9.43. The van der Waals surface area contributed by atoms with Gasteiger partial charge in [0.2, 0.25) is 10.0 Å². The van der Waals surface area contributed by atoms with E-state index in [-0.39, 0.29) is 11.4 Å². The van der Waals surface area contributed by atoms with Gasteiger partial charge in [0, 0.05) is 30.3 Å². The van der Waals surface area contributed by atoms with Gasteiger partial charge >= 0.3 is 5.97 Å². The summed E-state index contributed by atoms with van der Waals surface area (Å²) in [5.74, 6) is -0.279. The van der Waals surface area contributed by atoms with Crippen LogP contribution in [0.3, 0.4) is 0 Å². The van der Waals surface area contributed by atoms with Crippen molar-refractivity contribution in [1.82, 2.24) is 14.1 Å². The molecule has 1 fully saturated rings. The van der Waals surface area contributed by atoms with Gasteiger partial charge in [-0.25, -0.2) is 8.42 Å². The van der Waals surface area contributed by atoms with Gasteiger partial charge in [0.25, 0.3) is 0 Å². The minimum atomic E-state index is -3.58. The molecule has 0 aliphatic carbocycles. The van der Waals surface area contributed by atoms with Crippen LogP contribution in [-0.2, 0) is 21.4 Å². The number of thioether (sulfide) groups is 1. The Balaban J connectivity index is 2.17. The third-order valence-corrected chi connectivity index (χ3v) is 6.29. The minimum absolute atomic E-state index is 0.0560. The zero-order chi connectivity index (χ0) is 14.8. The van der Waals surface area contributed by atoms with Gasteiger partial charge in [-0.2, -0.15) is 21.2 Å². The zero-order valence-electron chi connectivity index (χ0n) is 11.1. The molecule has 0 bridgehead atoms. The van der Waals surface area contributed by atoms with Crippen LogP contribution in [0.5, 0.6) is 0 Å². The van der Waals surface area contributed by atoms with Crippen molar-refractivity contribution < 1.29 is 18.3 Å². The van der Waals surface area contributed by atoms with Gasteiger partial charge in [0.15, 0.2) is 0 Å². The maximum absolute atomic E-state index is 12.5. The van der Waals surface area contributed by atoms with Gasteiger partial charge in [0.1, 0.15) is 11.4 Å². The molecule has 0 aromatic carbocycles. The SMILES string of the molecule is CCC1CN(S(=O)(=O)c2cnn(CC(=O)O)c2)CCS1. The highest BCUT2D eigenvalue weighted by Gasteiger charge is 2.30. The quantitative estimate of drug-likeness (QED) is 0.849. The van der Waals surface area contributed by atoms with E-state index in [1.807, 2.05) is 6.92 Å². The van der Waals surface area contributed by atoms with Gasteiger partial charge in [-0.1, -0.05) is 6.92 Å². The monoisotopic (exact) mass is 319 g/mol. The number of nitrogens with zero attached hydrogens (tertiary/aromatic N) is 3. The average Bonchev–Trinajstić information content (AvgIpc) is 2.87. The number of hydrogen-bond acceptors (Lipinski definition) is 5. The van der Waals surface area contributed by atoms with Gasteiger partial charge < -0.3 is 5.11 Å². The second kappa shape index (κ2) is 6.15. The molecule has 0 saturated carbocycles. The van der Waals surface area contributed by atoms with E-state index in [2.05, 4.69) is 5.10 Å². The van der Waals surface area contributed by atoms with E-state index in [1.54, 1.807) is 11.8 Å². The first-order valence-corrected chi connectivity index (χ1v) is 8.78. The summed E-state index contributed by atoms with van der Waals surface area (Å²) in [5, 5.41) is 12.8. The molecule has 112 valence electrons. The molecular weight excluding hydrogens is 302 g/mol. The van der Waals surface area contributed by atoms with Gasteiger partial charge in [-0.3, -0.25) is 9.48 Å². The van der Waals surface area contributed by atoms with Gasteiger partial charge in [0.05, 0.1) is 6.20 Å². The normalized spacial score (nSPS) is 20.9. The van der Waals surface area contributed by atoms with Crippen molar-refractivity contribution in [3.63, 3.8) is 0 Å². The largest absolute Gasteiger partial charge is 0.480 e. The lowest BCUT2D eigenvalue weighted by atomic mass is 10.3. The first kappa shape index (κ1) is 15.3. The maximum atomic E-state index is 12.5. The van der Waals surface area contributed by atoms with Crippen LogP contribution in [0.2, 0.25) is 0 Å². The Bertz CT molecular complexity index is 584. The predicted molar refractivity (Wildman–Crippen MR) is 75.2 cm³/mol. The average molecular weight is 319 g/mol. The molecule has 2 heterocycles. The van der Waals surface area contributed by atoms with E-state index in [0.29, 0.717) is 18.3 Å². The maximum Gasteiger partial charge on any atom is 0.325 e. The summed E-state index contributed by atoms with van der Waals surface area (Å²) in [5.41, 5.74) is 0. The minimum Gasteiger partial charge on any atom is -0.480 e. The molecule has 20 heavy (non-hydrogen) atoms. The fourth-order valence-electron chi connectivity index (χ4n) is 2.01. The van der Waals surface area contributed by atoms with Crippen LogP contribution in [0, 0.1) is 0 Å². The van der Waals surface area contributed by atoms with E-state index in [1.165, 1.54) is 16.7 Å². The van der Waals surface area contributed by atoms with Crippen molar-refractivity contribution in [3.05, 3.63) is 12.4 Å². The Hall–Kier alpha value is -1.06. The van der Waals surface area contributed by atoms with Crippen LogP contribution in [-0.4, -0.2) is 57.7 Å². The number of hydrogen-bond donors (Lipinski definition) is 1. The molecule has 1 aliphatic rings. The molecule has 2 rings (SSSR count). The number of carboxylic acid groups (broad SMARTS) is 1. The molecule has 7 nitrogen and oxygen atoms in total. The van der Waals surface area contributed by atoms with E-state index < -0.39 is 16.0 Å². The van der Waals surface area contributed by atoms with E-state index in [9.17, 15) is 13.2 Å². The molecule has 0 spiro atoms. The highest BCUT2D eigenvalue weighted by molar-refractivity contribution is 8.00. The summed E-state index contributed by atoms with van der Waals surface area (Å²) in [6.07, 6.45) is 3.40. The van der Waals surface area contributed by atoms with Crippen LogP contribution in [0.4, 0.5) is 0 Å². The Morgan fingerprint density at radius 3 is 3.00 bits per heavy atom. The van der Waals surface area contributed by atoms with Gasteiger partial charge in [-0.15, -0.1) is 0 Å². The second-order valence-corrected chi connectivity index (χ2v) is 7.88. The van der Waals surface area contributed by atoms with E-state index in [4.69, 9.17) is 5.11 Å². The summed E-state index contributed by atoms with van der Waals surface area (Å²) < 4.78 is 27.5. The number of carboxylic acids is 1. The van der Waals surface area contributed by atoms with Crippen LogP contribution in [0.1, 0.15) is 13.3 Å². The molecule has 0 amide bonds. The molecule has 1 aromatic rings. The number of rotatable bonds is 5. The molecular formula is C11H17N3O4S2. The second-order valence-electron chi connectivity index (χ2n) is 4.53. The summed E-state index contributed by atoms with van der Waals surface area (Å²) in [4.78, 5) is 10.6.